The minimum absolute atomic E-state index is 0.250. The molecule has 114 valence electrons. The monoisotopic (exact) mass is 280 g/mol. The molecule has 0 aliphatic rings. The van der Waals surface area contributed by atoms with Gasteiger partial charge in [0, 0.05) is 39.4 Å². The van der Waals surface area contributed by atoms with E-state index in [1.807, 2.05) is 0 Å². The maximum atomic E-state index is 8.85. The summed E-state index contributed by atoms with van der Waals surface area (Å²) in [6, 6.07) is 8.63. The summed E-state index contributed by atoms with van der Waals surface area (Å²) in [6.45, 7) is 4.15. The molecule has 0 spiro atoms. The standard InChI is InChI=1S/C16H28N2O2/c1-17(8-4-10-19)13-15-6-3-7-16(12-15)14-18(2)9-5-11-20/h3,6-7,12,19-20H,4-5,8-11,13-14H2,1-2H3. The lowest BCUT2D eigenvalue weighted by Gasteiger charge is -2.18. The lowest BCUT2D eigenvalue weighted by atomic mass is 10.1. The van der Waals surface area contributed by atoms with Crippen molar-refractivity contribution in [1.82, 2.24) is 9.80 Å². The second-order valence-electron chi connectivity index (χ2n) is 5.45. The van der Waals surface area contributed by atoms with Crippen molar-refractivity contribution < 1.29 is 10.2 Å². The molecule has 0 saturated heterocycles. The lowest BCUT2D eigenvalue weighted by molar-refractivity contribution is 0.243. The van der Waals surface area contributed by atoms with Crippen molar-refractivity contribution >= 4 is 0 Å². The summed E-state index contributed by atoms with van der Waals surface area (Å²) in [4.78, 5) is 4.45. The number of rotatable bonds is 10. The van der Waals surface area contributed by atoms with Gasteiger partial charge in [0.2, 0.25) is 0 Å². The van der Waals surface area contributed by atoms with Crippen molar-refractivity contribution in [2.45, 2.75) is 25.9 Å². The van der Waals surface area contributed by atoms with Gasteiger partial charge in [-0.25, -0.2) is 0 Å². The second-order valence-corrected chi connectivity index (χ2v) is 5.45. The highest BCUT2D eigenvalue weighted by molar-refractivity contribution is 5.23. The van der Waals surface area contributed by atoms with Gasteiger partial charge in [0.05, 0.1) is 0 Å². The van der Waals surface area contributed by atoms with Crippen molar-refractivity contribution in [1.29, 1.82) is 0 Å². The molecule has 0 unspecified atom stereocenters. The minimum Gasteiger partial charge on any atom is -0.396 e. The minimum atomic E-state index is 0.250. The molecule has 4 nitrogen and oxygen atoms in total. The van der Waals surface area contributed by atoms with Gasteiger partial charge in [0.1, 0.15) is 0 Å². The van der Waals surface area contributed by atoms with E-state index in [4.69, 9.17) is 10.2 Å². The number of nitrogens with zero attached hydrogens (tertiary/aromatic N) is 2. The predicted molar refractivity (Wildman–Crippen MR) is 82.5 cm³/mol. The molecular formula is C16H28N2O2. The number of hydrogen-bond donors (Lipinski definition) is 2. The maximum Gasteiger partial charge on any atom is 0.0443 e. The van der Waals surface area contributed by atoms with Gasteiger partial charge in [-0.1, -0.05) is 24.3 Å². The Bertz CT molecular complexity index is 340. The quantitative estimate of drug-likeness (QED) is 0.678. The van der Waals surface area contributed by atoms with Crippen LogP contribution in [0, 0.1) is 0 Å². The van der Waals surface area contributed by atoms with Crippen molar-refractivity contribution in [2.75, 3.05) is 40.4 Å². The summed E-state index contributed by atoms with van der Waals surface area (Å²) in [6.07, 6.45) is 1.64. The van der Waals surface area contributed by atoms with Crippen LogP contribution in [0.2, 0.25) is 0 Å². The zero-order valence-corrected chi connectivity index (χ0v) is 12.8. The van der Waals surface area contributed by atoms with Crippen LogP contribution in [-0.2, 0) is 13.1 Å². The zero-order valence-electron chi connectivity index (χ0n) is 12.8. The number of aliphatic hydroxyl groups excluding tert-OH is 2. The van der Waals surface area contributed by atoms with Crippen LogP contribution in [0.3, 0.4) is 0 Å². The fourth-order valence-corrected chi connectivity index (χ4v) is 2.29. The molecule has 0 aliphatic carbocycles. The van der Waals surface area contributed by atoms with E-state index in [0.717, 1.165) is 39.0 Å². The highest BCUT2D eigenvalue weighted by atomic mass is 16.3. The number of hydrogen-bond acceptors (Lipinski definition) is 4. The van der Waals surface area contributed by atoms with Crippen LogP contribution in [0.5, 0.6) is 0 Å². The van der Waals surface area contributed by atoms with E-state index in [-0.39, 0.29) is 13.2 Å². The highest BCUT2D eigenvalue weighted by Gasteiger charge is 2.03. The Balaban J connectivity index is 2.48. The average Bonchev–Trinajstić information content (AvgIpc) is 2.43. The average molecular weight is 280 g/mol. The van der Waals surface area contributed by atoms with Crippen molar-refractivity contribution in [3.8, 4) is 0 Å². The molecule has 0 atom stereocenters. The summed E-state index contributed by atoms with van der Waals surface area (Å²) in [5.74, 6) is 0. The largest absolute Gasteiger partial charge is 0.396 e. The summed E-state index contributed by atoms with van der Waals surface area (Å²) < 4.78 is 0. The first-order valence-electron chi connectivity index (χ1n) is 7.32. The van der Waals surface area contributed by atoms with E-state index in [2.05, 4.69) is 48.2 Å². The Kier molecular flexibility index (Phi) is 8.46. The molecule has 0 saturated carbocycles. The molecule has 0 radical (unpaired) electrons. The van der Waals surface area contributed by atoms with Crippen molar-refractivity contribution in [3.05, 3.63) is 35.4 Å². The fourth-order valence-electron chi connectivity index (χ4n) is 2.29. The van der Waals surface area contributed by atoms with Gasteiger partial charge in [-0.15, -0.1) is 0 Å². The molecule has 0 aromatic heterocycles. The van der Waals surface area contributed by atoms with Crippen molar-refractivity contribution in [3.63, 3.8) is 0 Å². The van der Waals surface area contributed by atoms with Crippen molar-refractivity contribution in [2.24, 2.45) is 0 Å². The molecule has 20 heavy (non-hydrogen) atoms. The number of benzene rings is 1. The van der Waals surface area contributed by atoms with Gasteiger partial charge in [-0.3, -0.25) is 0 Å². The van der Waals surface area contributed by atoms with Crippen LogP contribution in [0.15, 0.2) is 24.3 Å². The third kappa shape index (κ3) is 7.01. The molecule has 2 N–H and O–H groups in total. The van der Waals surface area contributed by atoms with Crippen LogP contribution in [0.4, 0.5) is 0 Å². The van der Waals surface area contributed by atoms with Gasteiger partial charge in [-0.05, 0) is 38.1 Å². The lowest BCUT2D eigenvalue weighted by Crippen LogP contribution is -2.21. The number of aliphatic hydroxyl groups is 2. The van der Waals surface area contributed by atoms with Gasteiger partial charge in [-0.2, -0.15) is 0 Å². The summed E-state index contributed by atoms with van der Waals surface area (Å²) in [5, 5.41) is 17.7. The van der Waals surface area contributed by atoms with E-state index >= 15 is 0 Å². The molecule has 0 amide bonds. The van der Waals surface area contributed by atoms with E-state index < -0.39 is 0 Å². The van der Waals surface area contributed by atoms with E-state index in [0.29, 0.717) is 0 Å². The van der Waals surface area contributed by atoms with Crippen LogP contribution in [0.1, 0.15) is 24.0 Å². The Morgan fingerprint density at radius 1 is 0.850 bits per heavy atom. The molecule has 0 fully saturated rings. The fraction of sp³-hybridized carbons (Fsp3) is 0.625. The van der Waals surface area contributed by atoms with E-state index in [9.17, 15) is 0 Å². The Morgan fingerprint density at radius 2 is 1.30 bits per heavy atom. The molecule has 0 aliphatic heterocycles. The topological polar surface area (TPSA) is 46.9 Å². The second kappa shape index (κ2) is 9.88. The first-order valence-corrected chi connectivity index (χ1v) is 7.32. The molecule has 0 heterocycles. The van der Waals surface area contributed by atoms with Crippen LogP contribution < -0.4 is 0 Å². The summed E-state index contributed by atoms with van der Waals surface area (Å²) >= 11 is 0. The molecule has 4 heteroatoms. The third-order valence-electron chi connectivity index (χ3n) is 3.29. The predicted octanol–water partition coefficient (Wildman–Crippen LogP) is 1.31. The smallest absolute Gasteiger partial charge is 0.0443 e. The first kappa shape index (κ1) is 17.1. The molecule has 0 bridgehead atoms. The maximum absolute atomic E-state index is 8.85. The Morgan fingerprint density at radius 3 is 1.70 bits per heavy atom. The molecule has 1 aromatic carbocycles. The summed E-state index contributed by atoms with van der Waals surface area (Å²) in [7, 11) is 4.16. The van der Waals surface area contributed by atoms with Crippen LogP contribution in [0.25, 0.3) is 0 Å². The Labute approximate surface area is 122 Å². The van der Waals surface area contributed by atoms with E-state index in [1.54, 1.807) is 0 Å². The Hall–Kier alpha value is -0.940. The highest BCUT2D eigenvalue weighted by Crippen LogP contribution is 2.10. The van der Waals surface area contributed by atoms with Crippen LogP contribution in [-0.4, -0.2) is 60.4 Å². The van der Waals surface area contributed by atoms with E-state index in [1.165, 1.54) is 11.1 Å². The van der Waals surface area contributed by atoms with Gasteiger partial charge < -0.3 is 20.0 Å². The zero-order chi connectivity index (χ0) is 14.8. The van der Waals surface area contributed by atoms with Crippen LogP contribution >= 0.6 is 0 Å². The molecule has 1 rings (SSSR count). The normalized spacial score (nSPS) is 11.5. The first-order chi connectivity index (χ1) is 9.65. The van der Waals surface area contributed by atoms with Gasteiger partial charge in [0.25, 0.3) is 0 Å². The van der Waals surface area contributed by atoms with Gasteiger partial charge in [0.15, 0.2) is 0 Å². The van der Waals surface area contributed by atoms with Gasteiger partial charge >= 0.3 is 0 Å². The molecule has 1 aromatic rings. The summed E-state index contributed by atoms with van der Waals surface area (Å²) in [5.41, 5.74) is 2.61. The molecular weight excluding hydrogens is 252 g/mol. The third-order valence-corrected chi connectivity index (χ3v) is 3.29. The SMILES string of the molecule is CN(CCCO)Cc1cccc(CN(C)CCCO)c1.